The van der Waals surface area contributed by atoms with Crippen LogP contribution in [0.3, 0.4) is 0 Å². The Kier molecular flexibility index (Phi) is 4.57. The van der Waals surface area contributed by atoms with Crippen molar-refractivity contribution in [1.29, 1.82) is 0 Å². The van der Waals surface area contributed by atoms with E-state index in [9.17, 15) is 4.79 Å². The fourth-order valence-electron chi connectivity index (χ4n) is 3.42. The van der Waals surface area contributed by atoms with E-state index in [2.05, 4.69) is 50.3 Å². The smallest absolute Gasteiger partial charge is 0.272 e. The molecule has 0 spiro atoms. The molecule has 0 aliphatic heterocycles. The second kappa shape index (κ2) is 7.67. The topological polar surface area (TPSA) is 64.2 Å². The molecule has 5 aromatic rings. The molecule has 5 rings (SSSR count). The lowest BCUT2D eigenvalue weighted by Crippen LogP contribution is -2.23. The van der Waals surface area contributed by atoms with Gasteiger partial charge >= 0.3 is 0 Å². The van der Waals surface area contributed by atoms with Gasteiger partial charge in [-0.05, 0) is 47.0 Å². The van der Waals surface area contributed by atoms with Gasteiger partial charge in [-0.15, -0.1) is 0 Å². The molecule has 1 amide bonds. The molecule has 1 N–H and O–H groups in total. The van der Waals surface area contributed by atoms with E-state index in [1.165, 1.54) is 0 Å². The number of hydrogen-bond donors (Lipinski definition) is 1. The third-order valence-electron chi connectivity index (χ3n) is 4.97. The van der Waals surface area contributed by atoms with Crippen molar-refractivity contribution in [2.75, 3.05) is 0 Å². The molecule has 1 aromatic carbocycles. The summed E-state index contributed by atoms with van der Waals surface area (Å²) < 4.78 is 3.80. The van der Waals surface area contributed by atoms with Crippen LogP contribution in [0.4, 0.5) is 0 Å². The highest BCUT2D eigenvalue weighted by atomic mass is 16.1. The maximum Gasteiger partial charge on any atom is 0.272 e. The number of fused-ring (bicyclic) bond motifs is 1. The van der Waals surface area contributed by atoms with E-state index in [4.69, 9.17) is 0 Å². The van der Waals surface area contributed by atoms with Crippen LogP contribution in [0.2, 0.25) is 0 Å². The Morgan fingerprint density at radius 1 is 0.900 bits per heavy atom. The normalized spacial score (nSPS) is 10.9. The van der Waals surface area contributed by atoms with Gasteiger partial charge in [0.25, 0.3) is 5.91 Å². The average Bonchev–Trinajstić information content (AvgIpc) is 3.45. The van der Waals surface area contributed by atoms with Gasteiger partial charge in [0.2, 0.25) is 0 Å². The second-order valence-electron chi connectivity index (χ2n) is 6.96. The van der Waals surface area contributed by atoms with E-state index in [1.54, 1.807) is 29.3 Å². The van der Waals surface area contributed by atoms with Crippen molar-refractivity contribution in [2.45, 2.75) is 6.54 Å². The summed E-state index contributed by atoms with van der Waals surface area (Å²) in [7, 11) is 0. The number of nitrogens with zero attached hydrogens (tertiary/aromatic N) is 4. The van der Waals surface area contributed by atoms with Crippen LogP contribution in [-0.4, -0.2) is 25.1 Å². The molecule has 0 radical (unpaired) electrons. The van der Waals surface area contributed by atoms with Crippen molar-refractivity contribution in [3.8, 4) is 16.9 Å². The minimum absolute atomic E-state index is 0.219. The van der Waals surface area contributed by atoms with E-state index >= 15 is 0 Å². The van der Waals surface area contributed by atoms with Gasteiger partial charge in [-0.25, -0.2) is 4.68 Å². The first-order valence-corrected chi connectivity index (χ1v) is 9.68. The van der Waals surface area contributed by atoms with Crippen LogP contribution in [0.1, 0.15) is 16.1 Å². The molecular formula is C24H19N5O. The van der Waals surface area contributed by atoms with Gasteiger partial charge in [-0.3, -0.25) is 9.78 Å². The molecule has 0 atom stereocenters. The molecule has 0 saturated carbocycles. The Hall–Kier alpha value is -4.19. The summed E-state index contributed by atoms with van der Waals surface area (Å²) in [6.45, 7) is 0.411. The maximum atomic E-state index is 12.5. The molecule has 0 bridgehead atoms. The van der Waals surface area contributed by atoms with E-state index in [0.717, 1.165) is 28.0 Å². The van der Waals surface area contributed by atoms with Gasteiger partial charge in [0.1, 0.15) is 5.82 Å². The highest BCUT2D eigenvalue weighted by Gasteiger charge is 2.12. The van der Waals surface area contributed by atoms with E-state index in [1.807, 2.05) is 42.5 Å². The van der Waals surface area contributed by atoms with Gasteiger partial charge in [0, 0.05) is 36.8 Å². The molecule has 4 aromatic heterocycles. The number of benzene rings is 1. The Bertz CT molecular complexity index is 1310. The molecule has 0 fully saturated rings. The van der Waals surface area contributed by atoms with Gasteiger partial charge in [0.15, 0.2) is 5.69 Å². The Labute approximate surface area is 173 Å². The average molecular weight is 393 g/mol. The van der Waals surface area contributed by atoms with Crippen molar-refractivity contribution < 1.29 is 4.79 Å². The lowest BCUT2D eigenvalue weighted by molar-refractivity contribution is 0.0945. The van der Waals surface area contributed by atoms with E-state index in [0.29, 0.717) is 12.2 Å². The zero-order chi connectivity index (χ0) is 20.3. The zero-order valence-corrected chi connectivity index (χ0v) is 16.1. The van der Waals surface area contributed by atoms with Crippen molar-refractivity contribution >= 4 is 11.4 Å². The van der Waals surface area contributed by atoms with Gasteiger partial charge < -0.3 is 9.72 Å². The molecule has 0 aliphatic rings. The maximum absolute atomic E-state index is 12.5. The molecule has 0 aliphatic carbocycles. The first-order chi connectivity index (χ1) is 14.8. The lowest BCUT2D eigenvalue weighted by Gasteiger charge is -2.07. The van der Waals surface area contributed by atoms with Crippen molar-refractivity contribution in [3.63, 3.8) is 0 Å². The number of nitrogens with one attached hydrogen (secondary N) is 1. The standard InChI is InChI=1S/C24H19N5O/c30-24(26-16-18-5-4-13-25-15-18)22-12-14-29(27-22)23-11-10-21-9-8-20(17-28(21)23)19-6-2-1-3-7-19/h1-15,17H,16H2,(H,26,30). The van der Waals surface area contributed by atoms with Crippen molar-refractivity contribution in [1.82, 2.24) is 24.5 Å². The van der Waals surface area contributed by atoms with Crippen LogP contribution in [0.25, 0.3) is 22.5 Å². The third-order valence-corrected chi connectivity index (χ3v) is 4.97. The first kappa shape index (κ1) is 17.9. The highest BCUT2D eigenvalue weighted by Crippen LogP contribution is 2.22. The minimum atomic E-state index is -0.219. The number of amides is 1. The Morgan fingerprint density at radius 3 is 2.60 bits per heavy atom. The van der Waals surface area contributed by atoms with Gasteiger partial charge in [-0.1, -0.05) is 42.5 Å². The predicted octanol–water partition coefficient (Wildman–Crippen LogP) is 4.12. The van der Waals surface area contributed by atoms with Crippen LogP contribution >= 0.6 is 0 Å². The number of hydrogen-bond acceptors (Lipinski definition) is 3. The van der Waals surface area contributed by atoms with Crippen LogP contribution in [0.15, 0.2) is 97.6 Å². The predicted molar refractivity (Wildman–Crippen MR) is 115 cm³/mol. The van der Waals surface area contributed by atoms with Crippen LogP contribution in [0, 0.1) is 0 Å². The number of pyridine rings is 2. The number of carbonyl (C=O) groups is 1. The fraction of sp³-hybridized carbons (Fsp3) is 0.0417. The summed E-state index contributed by atoms with van der Waals surface area (Å²) >= 11 is 0. The quantitative estimate of drug-likeness (QED) is 0.489. The third kappa shape index (κ3) is 3.46. The Morgan fingerprint density at radius 2 is 1.77 bits per heavy atom. The molecule has 0 saturated heterocycles. The van der Waals surface area contributed by atoms with Crippen LogP contribution in [-0.2, 0) is 6.54 Å². The van der Waals surface area contributed by atoms with E-state index in [-0.39, 0.29) is 5.91 Å². The summed E-state index contributed by atoms with van der Waals surface area (Å²) in [6, 6.07) is 23.9. The largest absolute Gasteiger partial charge is 0.347 e. The molecule has 0 unspecified atom stereocenters. The first-order valence-electron chi connectivity index (χ1n) is 9.68. The highest BCUT2D eigenvalue weighted by molar-refractivity contribution is 5.92. The van der Waals surface area contributed by atoms with Crippen LogP contribution in [0.5, 0.6) is 0 Å². The second-order valence-corrected chi connectivity index (χ2v) is 6.96. The van der Waals surface area contributed by atoms with Gasteiger partial charge in [-0.2, -0.15) is 5.10 Å². The molecule has 146 valence electrons. The minimum Gasteiger partial charge on any atom is -0.347 e. The number of rotatable bonds is 5. The summed E-state index contributed by atoms with van der Waals surface area (Å²) in [5.74, 6) is 0.650. The molecule has 30 heavy (non-hydrogen) atoms. The fourth-order valence-corrected chi connectivity index (χ4v) is 3.42. The number of aromatic nitrogens is 4. The van der Waals surface area contributed by atoms with Crippen LogP contribution < -0.4 is 5.32 Å². The summed E-state index contributed by atoms with van der Waals surface area (Å²) in [6.07, 6.45) is 7.33. The molecule has 6 nitrogen and oxygen atoms in total. The summed E-state index contributed by atoms with van der Waals surface area (Å²) in [5.41, 5.74) is 4.63. The molecular weight excluding hydrogens is 374 g/mol. The summed E-state index contributed by atoms with van der Waals surface area (Å²) in [5, 5.41) is 7.37. The summed E-state index contributed by atoms with van der Waals surface area (Å²) in [4.78, 5) is 16.5. The van der Waals surface area contributed by atoms with Gasteiger partial charge in [0.05, 0.1) is 0 Å². The SMILES string of the molecule is O=C(NCc1cccnc1)c1ccn(-c2ccc3ccc(-c4ccccc4)cn23)n1. The monoisotopic (exact) mass is 393 g/mol. The van der Waals surface area contributed by atoms with Crippen molar-refractivity contribution in [3.05, 3.63) is 109 Å². The van der Waals surface area contributed by atoms with E-state index < -0.39 is 0 Å². The number of carbonyl (C=O) groups excluding carboxylic acids is 1. The zero-order valence-electron chi connectivity index (χ0n) is 16.1. The lowest BCUT2D eigenvalue weighted by atomic mass is 10.1. The van der Waals surface area contributed by atoms with Crippen molar-refractivity contribution in [2.24, 2.45) is 0 Å². The molecule has 4 heterocycles. The Balaban J connectivity index is 1.41. The molecule has 6 heteroatoms.